The maximum absolute atomic E-state index is 6.56. The van der Waals surface area contributed by atoms with Gasteiger partial charge < -0.3 is 4.74 Å². The third kappa shape index (κ3) is 2.73. The Morgan fingerprint density at radius 2 is 2.00 bits per heavy atom. The summed E-state index contributed by atoms with van der Waals surface area (Å²) in [5.41, 5.74) is 2.27. The van der Waals surface area contributed by atoms with Crippen LogP contribution in [0.2, 0.25) is 0 Å². The second-order valence-corrected chi connectivity index (χ2v) is 6.88. The number of hydrogen-bond acceptors (Lipinski definition) is 2. The van der Waals surface area contributed by atoms with Crippen molar-refractivity contribution >= 4 is 38.9 Å². The van der Waals surface area contributed by atoms with E-state index in [4.69, 9.17) is 16.3 Å². The Kier molecular flexibility index (Phi) is 4.36. The summed E-state index contributed by atoms with van der Waals surface area (Å²) in [5, 5.41) is -0.114. The van der Waals surface area contributed by atoms with Gasteiger partial charge in [0.15, 0.2) is 0 Å². The zero-order valence-corrected chi connectivity index (χ0v) is 13.6. The van der Waals surface area contributed by atoms with Crippen LogP contribution >= 0.6 is 38.9 Å². The van der Waals surface area contributed by atoms with Crippen molar-refractivity contribution in [2.45, 2.75) is 19.2 Å². The second-order valence-electron chi connectivity index (χ2n) is 4.13. The van der Waals surface area contributed by atoms with Crippen molar-refractivity contribution in [1.82, 2.24) is 0 Å². The van der Waals surface area contributed by atoms with Gasteiger partial charge in [0, 0.05) is 9.75 Å². The number of rotatable bonds is 3. The molecular weight excluding hydrogens is 332 g/mol. The highest BCUT2D eigenvalue weighted by Crippen LogP contribution is 2.37. The average Bonchev–Trinajstić information content (AvgIpc) is 2.67. The molecule has 1 heterocycles. The van der Waals surface area contributed by atoms with Crippen molar-refractivity contribution in [3.63, 3.8) is 0 Å². The molecule has 1 atom stereocenters. The summed E-state index contributed by atoms with van der Waals surface area (Å²) >= 11 is 11.8. The van der Waals surface area contributed by atoms with Crippen molar-refractivity contribution in [2.24, 2.45) is 0 Å². The second kappa shape index (κ2) is 5.64. The SMILES string of the molecule is COc1ccc(C(Cl)c2cc(C)sc2C)cc1Br. The lowest BCUT2D eigenvalue weighted by atomic mass is 10.0. The lowest BCUT2D eigenvalue weighted by Gasteiger charge is -2.12. The van der Waals surface area contributed by atoms with Crippen LogP contribution in [0, 0.1) is 13.8 Å². The van der Waals surface area contributed by atoms with Crippen molar-refractivity contribution < 1.29 is 4.74 Å². The first-order valence-corrected chi connectivity index (χ1v) is 7.62. The van der Waals surface area contributed by atoms with Crippen LogP contribution in [0.15, 0.2) is 28.7 Å². The molecule has 1 aromatic carbocycles. The summed E-state index contributed by atoms with van der Waals surface area (Å²) in [6.45, 7) is 4.22. The highest BCUT2D eigenvalue weighted by Gasteiger charge is 2.16. The fourth-order valence-corrected chi connectivity index (χ4v) is 3.87. The summed E-state index contributed by atoms with van der Waals surface area (Å²) in [5.74, 6) is 0.820. The van der Waals surface area contributed by atoms with Gasteiger partial charge in [0.25, 0.3) is 0 Å². The van der Waals surface area contributed by atoms with E-state index in [0.717, 1.165) is 15.8 Å². The van der Waals surface area contributed by atoms with E-state index in [9.17, 15) is 0 Å². The molecule has 0 saturated carbocycles. The van der Waals surface area contributed by atoms with Gasteiger partial charge >= 0.3 is 0 Å². The number of hydrogen-bond donors (Lipinski definition) is 0. The Labute approximate surface area is 125 Å². The van der Waals surface area contributed by atoms with Gasteiger partial charge in [-0.25, -0.2) is 0 Å². The minimum absolute atomic E-state index is 0.114. The Morgan fingerprint density at radius 1 is 1.28 bits per heavy atom. The Morgan fingerprint density at radius 3 is 2.50 bits per heavy atom. The van der Waals surface area contributed by atoms with Crippen LogP contribution in [-0.2, 0) is 0 Å². The lowest BCUT2D eigenvalue weighted by molar-refractivity contribution is 0.412. The number of thiophene rings is 1. The van der Waals surface area contributed by atoms with Crippen LogP contribution in [0.4, 0.5) is 0 Å². The molecule has 0 bridgehead atoms. The molecular formula is C14H14BrClOS. The molecule has 0 amide bonds. The fourth-order valence-electron chi connectivity index (χ4n) is 1.92. The molecule has 0 aliphatic rings. The van der Waals surface area contributed by atoms with Crippen molar-refractivity contribution in [3.05, 3.63) is 49.6 Å². The number of ether oxygens (including phenoxy) is 1. The molecule has 1 unspecified atom stereocenters. The molecule has 1 aromatic heterocycles. The zero-order valence-electron chi connectivity index (χ0n) is 10.5. The molecule has 1 nitrogen and oxygen atoms in total. The van der Waals surface area contributed by atoms with Gasteiger partial charge in [0.1, 0.15) is 5.75 Å². The van der Waals surface area contributed by atoms with E-state index in [1.807, 2.05) is 18.2 Å². The van der Waals surface area contributed by atoms with E-state index in [2.05, 4.69) is 35.8 Å². The van der Waals surface area contributed by atoms with E-state index in [0.29, 0.717) is 0 Å². The maximum atomic E-state index is 6.56. The molecule has 0 N–H and O–H groups in total. The molecule has 0 aliphatic carbocycles. The predicted octanol–water partition coefficient (Wildman–Crippen LogP) is 5.46. The number of alkyl halides is 1. The molecule has 0 spiro atoms. The molecule has 2 aromatic rings. The molecule has 4 heteroatoms. The normalized spacial score (nSPS) is 12.5. The summed E-state index contributed by atoms with van der Waals surface area (Å²) in [6, 6.07) is 8.12. The third-order valence-electron chi connectivity index (χ3n) is 2.82. The van der Waals surface area contributed by atoms with Crippen LogP contribution in [0.3, 0.4) is 0 Å². The predicted molar refractivity (Wildman–Crippen MR) is 82.2 cm³/mol. The first-order valence-electron chi connectivity index (χ1n) is 5.57. The van der Waals surface area contributed by atoms with Crippen molar-refractivity contribution in [2.75, 3.05) is 7.11 Å². The summed E-state index contributed by atoms with van der Waals surface area (Å²) in [4.78, 5) is 2.57. The van der Waals surface area contributed by atoms with Gasteiger partial charge in [0.05, 0.1) is 17.0 Å². The third-order valence-corrected chi connectivity index (χ3v) is 4.91. The van der Waals surface area contributed by atoms with E-state index >= 15 is 0 Å². The number of methoxy groups -OCH3 is 1. The van der Waals surface area contributed by atoms with Gasteiger partial charge in [-0.3, -0.25) is 0 Å². The van der Waals surface area contributed by atoms with Crippen molar-refractivity contribution in [3.8, 4) is 5.75 Å². The fraction of sp³-hybridized carbons (Fsp3) is 0.286. The summed E-state index contributed by atoms with van der Waals surface area (Å²) in [6.07, 6.45) is 0. The van der Waals surface area contributed by atoms with Gasteiger partial charge in [-0.1, -0.05) is 6.07 Å². The van der Waals surface area contributed by atoms with E-state index in [-0.39, 0.29) is 5.38 Å². The summed E-state index contributed by atoms with van der Waals surface area (Å²) < 4.78 is 6.15. The van der Waals surface area contributed by atoms with Gasteiger partial charge in [-0.15, -0.1) is 22.9 Å². The number of halogens is 2. The van der Waals surface area contributed by atoms with Gasteiger partial charge in [-0.2, -0.15) is 0 Å². The quantitative estimate of drug-likeness (QED) is 0.671. The monoisotopic (exact) mass is 344 g/mol. The highest BCUT2D eigenvalue weighted by molar-refractivity contribution is 9.10. The summed E-state index contributed by atoms with van der Waals surface area (Å²) in [7, 11) is 1.66. The maximum Gasteiger partial charge on any atom is 0.133 e. The minimum atomic E-state index is -0.114. The Balaban J connectivity index is 2.37. The molecule has 0 saturated heterocycles. The molecule has 0 radical (unpaired) electrons. The van der Waals surface area contributed by atoms with Crippen LogP contribution in [0.25, 0.3) is 0 Å². The van der Waals surface area contributed by atoms with Crippen LogP contribution in [0.1, 0.15) is 26.3 Å². The van der Waals surface area contributed by atoms with Gasteiger partial charge in [0.2, 0.25) is 0 Å². The molecule has 2 rings (SSSR count). The Bertz CT molecular complexity index is 565. The van der Waals surface area contributed by atoms with E-state index < -0.39 is 0 Å². The highest BCUT2D eigenvalue weighted by atomic mass is 79.9. The molecule has 0 fully saturated rings. The van der Waals surface area contributed by atoms with Crippen LogP contribution in [-0.4, -0.2) is 7.11 Å². The Hall–Kier alpha value is -0.510. The largest absolute Gasteiger partial charge is 0.496 e. The lowest BCUT2D eigenvalue weighted by Crippen LogP contribution is -1.94. The first-order chi connectivity index (χ1) is 8.52. The average molecular weight is 346 g/mol. The van der Waals surface area contributed by atoms with E-state index in [1.54, 1.807) is 18.4 Å². The minimum Gasteiger partial charge on any atom is -0.496 e. The topological polar surface area (TPSA) is 9.23 Å². The number of benzene rings is 1. The first kappa shape index (κ1) is 13.9. The van der Waals surface area contributed by atoms with Crippen molar-refractivity contribution in [1.29, 1.82) is 0 Å². The zero-order chi connectivity index (χ0) is 13.3. The van der Waals surface area contributed by atoms with Gasteiger partial charge in [-0.05, 0) is 59.1 Å². The molecule has 0 aliphatic heterocycles. The standard InChI is InChI=1S/C14H14BrClOS/c1-8-6-11(9(2)18-8)14(16)10-4-5-13(17-3)12(15)7-10/h4-7,14H,1-3H3. The smallest absolute Gasteiger partial charge is 0.133 e. The molecule has 18 heavy (non-hydrogen) atoms. The van der Waals surface area contributed by atoms with Crippen LogP contribution < -0.4 is 4.74 Å². The number of aryl methyl sites for hydroxylation is 2. The van der Waals surface area contributed by atoms with E-state index in [1.165, 1.54) is 15.3 Å². The molecule has 96 valence electrons. The van der Waals surface area contributed by atoms with Crippen LogP contribution in [0.5, 0.6) is 5.75 Å².